The highest BCUT2D eigenvalue weighted by molar-refractivity contribution is 6.31. The van der Waals surface area contributed by atoms with Crippen LogP contribution in [0.25, 0.3) is 0 Å². The molecule has 2 unspecified atom stereocenters. The summed E-state index contributed by atoms with van der Waals surface area (Å²) in [5, 5.41) is 0.875. The van der Waals surface area contributed by atoms with Crippen molar-refractivity contribution in [3.05, 3.63) is 64.7 Å². The molecular formula is C29H44ClN3O2. The summed E-state index contributed by atoms with van der Waals surface area (Å²) >= 11 is 5.82. The highest BCUT2D eigenvalue weighted by atomic mass is 35.5. The summed E-state index contributed by atoms with van der Waals surface area (Å²) in [6.45, 7) is 16.0. The second-order valence-corrected chi connectivity index (χ2v) is 9.31. The standard InChI is InChI=1S/C19H29N3O2.C8H9Cl.C2H6/c1-5-14(2)6-7-15(3)8-9-19(24)21-10-11-22-17(16(4)23)12-20-18(22)13-21;1-2-7-5-3-4-6-8(7)9;1-2/h8-9,12,14-15H,5-7,10-11,13H2,1-4H3;3-6H,2H2,1H3;1-2H3/b9-8+;;. The Kier molecular flexibility index (Phi) is 14.3. The summed E-state index contributed by atoms with van der Waals surface area (Å²) in [5.41, 5.74) is 1.85. The lowest BCUT2D eigenvalue weighted by atomic mass is 9.96. The summed E-state index contributed by atoms with van der Waals surface area (Å²) in [4.78, 5) is 30.0. The molecule has 6 heteroatoms. The van der Waals surface area contributed by atoms with Crippen molar-refractivity contribution in [2.45, 2.75) is 87.2 Å². The van der Waals surface area contributed by atoms with E-state index in [2.05, 4.69) is 32.7 Å². The van der Waals surface area contributed by atoms with Crippen molar-refractivity contribution in [2.24, 2.45) is 11.8 Å². The van der Waals surface area contributed by atoms with E-state index in [1.807, 2.05) is 48.8 Å². The Morgan fingerprint density at radius 3 is 2.37 bits per heavy atom. The Morgan fingerprint density at radius 2 is 1.80 bits per heavy atom. The number of halogens is 1. The number of aryl methyl sites for hydroxylation is 1. The summed E-state index contributed by atoms with van der Waals surface area (Å²) in [6.07, 6.45) is 9.87. The number of aromatic nitrogens is 2. The predicted molar refractivity (Wildman–Crippen MR) is 147 cm³/mol. The molecule has 0 saturated heterocycles. The highest BCUT2D eigenvalue weighted by Gasteiger charge is 2.23. The van der Waals surface area contributed by atoms with E-state index in [0.29, 0.717) is 31.2 Å². The molecule has 3 rings (SSSR count). The number of hydrogen-bond donors (Lipinski definition) is 0. The first-order chi connectivity index (χ1) is 16.8. The third kappa shape index (κ3) is 10.0. The molecule has 194 valence electrons. The molecular weight excluding hydrogens is 458 g/mol. The van der Waals surface area contributed by atoms with Gasteiger partial charge >= 0.3 is 0 Å². The molecule has 0 radical (unpaired) electrons. The van der Waals surface area contributed by atoms with Crippen LogP contribution < -0.4 is 0 Å². The minimum atomic E-state index is 0.0172. The van der Waals surface area contributed by atoms with E-state index in [1.54, 1.807) is 24.1 Å². The second kappa shape index (κ2) is 16.3. The maximum atomic E-state index is 12.4. The molecule has 0 spiro atoms. The van der Waals surface area contributed by atoms with Gasteiger partial charge in [-0.2, -0.15) is 0 Å². The van der Waals surface area contributed by atoms with E-state index >= 15 is 0 Å². The Morgan fingerprint density at radius 1 is 1.11 bits per heavy atom. The Bertz CT molecular complexity index is 951. The van der Waals surface area contributed by atoms with Crippen LogP contribution in [-0.2, 0) is 24.3 Å². The van der Waals surface area contributed by atoms with Gasteiger partial charge in [0.2, 0.25) is 5.91 Å². The molecule has 0 fully saturated rings. The summed E-state index contributed by atoms with van der Waals surface area (Å²) in [6, 6.07) is 7.91. The van der Waals surface area contributed by atoms with Crippen molar-refractivity contribution >= 4 is 23.3 Å². The number of Topliss-reactive ketones (excluding diaryl/α,β-unsaturated/α-hetero) is 1. The van der Waals surface area contributed by atoms with Crippen LogP contribution in [0.5, 0.6) is 0 Å². The van der Waals surface area contributed by atoms with Gasteiger partial charge in [0, 0.05) is 25.0 Å². The molecule has 1 aliphatic rings. The first-order valence-electron chi connectivity index (χ1n) is 13.0. The highest BCUT2D eigenvalue weighted by Crippen LogP contribution is 2.18. The minimum Gasteiger partial charge on any atom is -0.330 e. The quantitative estimate of drug-likeness (QED) is 0.280. The van der Waals surface area contributed by atoms with Gasteiger partial charge in [-0.05, 0) is 42.4 Å². The van der Waals surface area contributed by atoms with E-state index in [0.717, 1.165) is 29.6 Å². The number of ketones is 1. The zero-order valence-corrected chi connectivity index (χ0v) is 23.4. The Hall–Kier alpha value is -2.40. The SMILES string of the molecule is CC.CCC(C)CCC(C)/C=C/C(=O)N1CCn2c(C(C)=O)cnc2C1.CCc1ccccc1Cl. The van der Waals surface area contributed by atoms with E-state index < -0.39 is 0 Å². The first-order valence-corrected chi connectivity index (χ1v) is 13.4. The number of imidazole rings is 1. The van der Waals surface area contributed by atoms with Crippen molar-refractivity contribution in [3.8, 4) is 0 Å². The molecule has 1 aliphatic heterocycles. The predicted octanol–water partition coefficient (Wildman–Crippen LogP) is 7.38. The molecule has 35 heavy (non-hydrogen) atoms. The van der Waals surface area contributed by atoms with Crippen LogP contribution in [0.2, 0.25) is 5.02 Å². The fourth-order valence-electron chi connectivity index (χ4n) is 3.71. The van der Waals surface area contributed by atoms with Gasteiger partial charge in [0.05, 0.1) is 12.7 Å². The smallest absolute Gasteiger partial charge is 0.246 e. The molecule has 0 bridgehead atoms. The maximum absolute atomic E-state index is 12.4. The molecule has 2 atom stereocenters. The number of carbonyl (C=O) groups excluding carboxylic acids is 2. The Labute approximate surface area is 217 Å². The van der Waals surface area contributed by atoms with E-state index in [-0.39, 0.29) is 11.7 Å². The number of carbonyl (C=O) groups is 2. The fraction of sp³-hybridized carbons (Fsp3) is 0.552. The molecule has 2 heterocycles. The van der Waals surface area contributed by atoms with Gasteiger partial charge in [-0.25, -0.2) is 4.98 Å². The van der Waals surface area contributed by atoms with Crippen molar-refractivity contribution in [1.82, 2.24) is 14.5 Å². The van der Waals surface area contributed by atoms with Crippen LogP contribution >= 0.6 is 11.6 Å². The van der Waals surface area contributed by atoms with Crippen LogP contribution in [0.15, 0.2) is 42.6 Å². The van der Waals surface area contributed by atoms with Gasteiger partial charge in [0.25, 0.3) is 0 Å². The van der Waals surface area contributed by atoms with Crippen LogP contribution in [0.1, 0.15) is 89.6 Å². The number of amides is 1. The van der Waals surface area contributed by atoms with Gasteiger partial charge in [0.1, 0.15) is 11.5 Å². The van der Waals surface area contributed by atoms with Crippen LogP contribution in [0.4, 0.5) is 0 Å². The van der Waals surface area contributed by atoms with Gasteiger partial charge < -0.3 is 9.47 Å². The monoisotopic (exact) mass is 501 g/mol. The Balaban J connectivity index is 0.000000464. The average Bonchev–Trinajstić information content (AvgIpc) is 3.31. The van der Waals surface area contributed by atoms with Gasteiger partial charge in [-0.1, -0.05) is 90.3 Å². The number of benzene rings is 1. The fourth-order valence-corrected chi connectivity index (χ4v) is 3.98. The van der Waals surface area contributed by atoms with Crippen LogP contribution in [0, 0.1) is 11.8 Å². The molecule has 5 nitrogen and oxygen atoms in total. The molecule has 1 aromatic carbocycles. The van der Waals surface area contributed by atoms with Crippen molar-refractivity contribution in [1.29, 1.82) is 0 Å². The summed E-state index contributed by atoms with van der Waals surface area (Å²) in [5.74, 6) is 2.00. The maximum Gasteiger partial charge on any atom is 0.246 e. The summed E-state index contributed by atoms with van der Waals surface area (Å²) in [7, 11) is 0. The number of allylic oxidation sites excluding steroid dienone is 1. The van der Waals surface area contributed by atoms with E-state index in [1.165, 1.54) is 18.4 Å². The molecule has 2 aromatic rings. The largest absolute Gasteiger partial charge is 0.330 e. The summed E-state index contributed by atoms with van der Waals surface area (Å²) < 4.78 is 1.92. The number of nitrogens with zero attached hydrogens (tertiary/aromatic N) is 3. The van der Waals surface area contributed by atoms with Gasteiger partial charge in [-0.3, -0.25) is 9.59 Å². The van der Waals surface area contributed by atoms with Crippen LogP contribution in [0.3, 0.4) is 0 Å². The average molecular weight is 502 g/mol. The second-order valence-electron chi connectivity index (χ2n) is 8.90. The molecule has 1 amide bonds. The molecule has 0 aliphatic carbocycles. The van der Waals surface area contributed by atoms with Gasteiger partial charge in [0.15, 0.2) is 5.78 Å². The third-order valence-corrected chi connectivity index (χ3v) is 6.62. The molecule has 1 aromatic heterocycles. The van der Waals surface area contributed by atoms with Crippen molar-refractivity contribution in [2.75, 3.05) is 6.54 Å². The zero-order valence-electron chi connectivity index (χ0n) is 22.7. The number of fused-ring (bicyclic) bond motifs is 1. The topological polar surface area (TPSA) is 55.2 Å². The van der Waals surface area contributed by atoms with E-state index in [9.17, 15) is 9.59 Å². The van der Waals surface area contributed by atoms with Crippen LogP contribution in [-0.4, -0.2) is 32.7 Å². The third-order valence-electron chi connectivity index (χ3n) is 6.25. The lowest BCUT2D eigenvalue weighted by Gasteiger charge is -2.27. The lowest BCUT2D eigenvalue weighted by Crippen LogP contribution is -2.38. The van der Waals surface area contributed by atoms with Gasteiger partial charge in [-0.15, -0.1) is 0 Å². The zero-order chi connectivity index (χ0) is 26.4. The number of rotatable bonds is 8. The number of hydrogen-bond acceptors (Lipinski definition) is 3. The van der Waals surface area contributed by atoms with Crippen molar-refractivity contribution in [3.63, 3.8) is 0 Å². The lowest BCUT2D eigenvalue weighted by molar-refractivity contribution is -0.127. The molecule has 0 saturated carbocycles. The minimum absolute atomic E-state index is 0.0172. The van der Waals surface area contributed by atoms with Crippen molar-refractivity contribution < 1.29 is 9.59 Å². The first kappa shape index (κ1) is 30.6. The van der Waals surface area contributed by atoms with E-state index in [4.69, 9.17) is 11.6 Å². The molecule has 0 N–H and O–H groups in total. The normalized spacial score (nSPS) is 14.2.